The Labute approximate surface area is 99.4 Å². The van der Waals surface area contributed by atoms with E-state index in [9.17, 15) is 13.9 Å². The van der Waals surface area contributed by atoms with Crippen LogP contribution in [0, 0.1) is 6.92 Å². The average molecular weight is 241 g/mol. The molecule has 1 aromatic rings. The van der Waals surface area contributed by atoms with Gasteiger partial charge in [0, 0.05) is 11.1 Å². The number of halogens is 2. The van der Waals surface area contributed by atoms with Gasteiger partial charge in [-0.1, -0.05) is 24.5 Å². The first-order valence-corrected chi connectivity index (χ1v) is 5.85. The van der Waals surface area contributed by atoms with E-state index in [-0.39, 0.29) is 11.3 Å². The Morgan fingerprint density at radius 2 is 1.88 bits per heavy atom. The maximum absolute atomic E-state index is 12.8. The molecule has 0 spiro atoms. The van der Waals surface area contributed by atoms with Gasteiger partial charge >= 0.3 is 0 Å². The van der Waals surface area contributed by atoms with E-state index in [1.54, 1.807) is 13.0 Å². The molecule has 17 heavy (non-hydrogen) atoms. The fraction of sp³-hybridized carbons (Fsp3) is 0.538. The number of alkyl halides is 2. The first-order valence-electron chi connectivity index (χ1n) is 5.85. The summed E-state index contributed by atoms with van der Waals surface area (Å²) in [5, 5.41) is 9.95. The number of phenols is 1. The van der Waals surface area contributed by atoms with E-state index < -0.39 is 12.0 Å². The van der Waals surface area contributed by atoms with E-state index in [1.807, 2.05) is 0 Å². The zero-order valence-corrected chi connectivity index (χ0v) is 9.84. The van der Waals surface area contributed by atoms with E-state index in [0.717, 1.165) is 25.7 Å². The van der Waals surface area contributed by atoms with Gasteiger partial charge in [-0.15, -0.1) is 0 Å². The Hall–Kier alpha value is -1.16. The Morgan fingerprint density at radius 1 is 1.29 bits per heavy atom. The SMILES string of the molecule is Cc1cc(C(F)F)c(O)c(C2(N)CCCC2)c1. The Morgan fingerprint density at radius 3 is 2.41 bits per heavy atom. The summed E-state index contributed by atoms with van der Waals surface area (Å²) in [4.78, 5) is 0. The van der Waals surface area contributed by atoms with Crippen LogP contribution >= 0.6 is 0 Å². The first-order chi connectivity index (χ1) is 7.94. The second kappa shape index (κ2) is 4.26. The molecule has 1 aliphatic rings. The monoisotopic (exact) mass is 241 g/mol. The zero-order valence-electron chi connectivity index (χ0n) is 9.84. The molecule has 0 bridgehead atoms. The van der Waals surface area contributed by atoms with Crippen LogP contribution in [0.4, 0.5) is 8.78 Å². The van der Waals surface area contributed by atoms with Crippen LogP contribution in [0.1, 0.15) is 48.8 Å². The molecule has 2 nitrogen and oxygen atoms in total. The summed E-state index contributed by atoms with van der Waals surface area (Å²) in [6, 6.07) is 3.05. The average Bonchev–Trinajstić information content (AvgIpc) is 2.69. The molecule has 94 valence electrons. The van der Waals surface area contributed by atoms with Crippen molar-refractivity contribution in [3.63, 3.8) is 0 Å². The van der Waals surface area contributed by atoms with E-state index >= 15 is 0 Å². The van der Waals surface area contributed by atoms with Crippen LogP contribution in [0.25, 0.3) is 0 Å². The second-order valence-electron chi connectivity index (χ2n) is 4.91. The molecule has 0 unspecified atom stereocenters. The molecule has 0 atom stereocenters. The van der Waals surface area contributed by atoms with Gasteiger partial charge in [0.25, 0.3) is 6.43 Å². The quantitative estimate of drug-likeness (QED) is 0.833. The molecule has 0 aromatic heterocycles. The molecule has 4 heteroatoms. The fourth-order valence-electron chi connectivity index (χ4n) is 2.63. The molecule has 1 aromatic carbocycles. The third kappa shape index (κ3) is 2.14. The summed E-state index contributed by atoms with van der Waals surface area (Å²) in [6.45, 7) is 1.74. The zero-order chi connectivity index (χ0) is 12.6. The van der Waals surface area contributed by atoms with Crippen molar-refractivity contribution in [2.24, 2.45) is 5.73 Å². The van der Waals surface area contributed by atoms with Gasteiger partial charge in [0.1, 0.15) is 5.75 Å². The minimum absolute atomic E-state index is 0.309. The van der Waals surface area contributed by atoms with Crippen LogP contribution in [0.2, 0.25) is 0 Å². The van der Waals surface area contributed by atoms with Crippen molar-refractivity contribution in [2.45, 2.75) is 44.6 Å². The van der Waals surface area contributed by atoms with Gasteiger partial charge in [-0.2, -0.15) is 0 Å². The van der Waals surface area contributed by atoms with E-state index in [1.165, 1.54) is 6.07 Å². The van der Waals surface area contributed by atoms with Crippen LogP contribution in [-0.4, -0.2) is 5.11 Å². The maximum atomic E-state index is 12.8. The van der Waals surface area contributed by atoms with Gasteiger partial charge < -0.3 is 10.8 Å². The highest BCUT2D eigenvalue weighted by Crippen LogP contribution is 2.43. The lowest BCUT2D eigenvalue weighted by Gasteiger charge is -2.26. The van der Waals surface area contributed by atoms with Crippen molar-refractivity contribution in [3.05, 3.63) is 28.8 Å². The molecule has 0 aliphatic heterocycles. The van der Waals surface area contributed by atoms with Crippen molar-refractivity contribution in [3.8, 4) is 5.75 Å². The summed E-state index contributed by atoms with van der Waals surface area (Å²) in [7, 11) is 0. The van der Waals surface area contributed by atoms with Gasteiger partial charge in [0.15, 0.2) is 0 Å². The maximum Gasteiger partial charge on any atom is 0.267 e. The third-order valence-corrected chi connectivity index (χ3v) is 3.55. The van der Waals surface area contributed by atoms with Crippen LogP contribution in [0.3, 0.4) is 0 Å². The van der Waals surface area contributed by atoms with Crippen molar-refractivity contribution < 1.29 is 13.9 Å². The summed E-state index contributed by atoms with van der Waals surface area (Å²) < 4.78 is 25.6. The fourth-order valence-corrected chi connectivity index (χ4v) is 2.63. The van der Waals surface area contributed by atoms with Crippen LogP contribution < -0.4 is 5.73 Å². The third-order valence-electron chi connectivity index (χ3n) is 3.55. The lowest BCUT2D eigenvalue weighted by atomic mass is 9.86. The second-order valence-corrected chi connectivity index (χ2v) is 4.91. The molecular weight excluding hydrogens is 224 g/mol. The Kier molecular flexibility index (Phi) is 3.08. The molecule has 2 rings (SSSR count). The standard InChI is InChI=1S/C13H17F2NO/c1-8-6-9(12(14)15)11(17)10(7-8)13(16)4-2-3-5-13/h6-7,12,17H,2-5,16H2,1H3. The molecule has 3 N–H and O–H groups in total. The summed E-state index contributed by atoms with van der Waals surface area (Å²) in [6.07, 6.45) is 0.778. The number of hydrogen-bond donors (Lipinski definition) is 2. The Balaban J connectivity index is 2.53. The van der Waals surface area contributed by atoms with Crippen molar-refractivity contribution in [1.82, 2.24) is 0 Å². The lowest BCUT2D eigenvalue weighted by molar-refractivity contribution is 0.147. The van der Waals surface area contributed by atoms with Crippen LogP contribution in [-0.2, 0) is 5.54 Å². The van der Waals surface area contributed by atoms with Gasteiger partial charge in [-0.3, -0.25) is 0 Å². The number of aromatic hydroxyl groups is 1. The molecule has 0 amide bonds. The summed E-state index contributed by atoms with van der Waals surface area (Å²) in [5.41, 5.74) is 6.46. The lowest BCUT2D eigenvalue weighted by Crippen LogP contribution is -2.33. The van der Waals surface area contributed by atoms with Crippen molar-refractivity contribution in [2.75, 3.05) is 0 Å². The number of rotatable bonds is 2. The number of hydrogen-bond acceptors (Lipinski definition) is 2. The highest BCUT2D eigenvalue weighted by Gasteiger charge is 2.35. The van der Waals surface area contributed by atoms with Crippen molar-refractivity contribution in [1.29, 1.82) is 0 Å². The number of nitrogens with two attached hydrogens (primary N) is 1. The highest BCUT2D eigenvalue weighted by atomic mass is 19.3. The molecule has 0 saturated heterocycles. The van der Waals surface area contributed by atoms with Gasteiger partial charge in [-0.05, 0) is 25.8 Å². The predicted octanol–water partition coefficient (Wildman–Crippen LogP) is 3.37. The smallest absolute Gasteiger partial charge is 0.267 e. The number of aryl methyl sites for hydroxylation is 1. The minimum atomic E-state index is -2.67. The topological polar surface area (TPSA) is 46.2 Å². The molecule has 0 heterocycles. The van der Waals surface area contributed by atoms with Gasteiger partial charge in [0.2, 0.25) is 0 Å². The summed E-state index contributed by atoms with van der Waals surface area (Å²) >= 11 is 0. The van der Waals surface area contributed by atoms with E-state index in [0.29, 0.717) is 11.1 Å². The van der Waals surface area contributed by atoms with Crippen LogP contribution in [0.15, 0.2) is 12.1 Å². The summed E-state index contributed by atoms with van der Waals surface area (Å²) in [5.74, 6) is -0.324. The number of phenolic OH excluding ortho intramolecular Hbond substituents is 1. The number of benzene rings is 1. The minimum Gasteiger partial charge on any atom is -0.507 e. The van der Waals surface area contributed by atoms with Crippen LogP contribution in [0.5, 0.6) is 5.75 Å². The normalized spacial score (nSPS) is 18.9. The van der Waals surface area contributed by atoms with Crippen molar-refractivity contribution >= 4 is 0 Å². The molecule has 1 aliphatic carbocycles. The molecule has 0 radical (unpaired) electrons. The molecule has 1 fully saturated rings. The predicted molar refractivity (Wildman–Crippen MR) is 62.1 cm³/mol. The Bertz CT molecular complexity index is 426. The van der Waals surface area contributed by atoms with Gasteiger partial charge in [0.05, 0.1) is 5.56 Å². The molecular formula is C13H17F2NO. The highest BCUT2D eigenvalue weighted by molar-refractivity contribution is 5.48. The largest absolute Gasteiger partial charge is 0.507 e. The molecule has 1 saturated carbocycles. The van der Waals surface area contributed by atoms with Gasteiger partial charge in [-0.25, -0.2) is 8.78 Å². The first kappa shape index (κ1) is 12.3. The van der Waals surface area contributed by atoms with E-state index in [4.69, 9.17) is 5.73 Å². The van der Waals surface area contributed by atoms with E-state index in [2.05, 4.69) is 0 Å².